The molecule has 29 heavy (non-hydrogen) atoms. The van der Waals surface area contributed by atoms with Crippen LogP contribution in [0.1, 0.15) is 26.6 Å². The summed E-state index contributed by atoms with van der Waals surface area (Å²) in [5.74, 6) is 2.20. The summed E-state index contributed by atoms with van der Waals surface area (Å²) in [5.41, 5.74) is 0. The molecule has 11 heteroatoms. The van der Waals surface area contributed by atoms with E-state index in [2.05, 4.69) is 46.8 Å². The van der Waals surface area contributed by atoms with Crippen LogP contribution in [0.2, 0.25) is 0 Å². The molecule has 2 N–H and O–H groups in total. The van der Waals surface area contributed by atoms with Crippen molar-refractivity contribution >= 4 is 27.7 Å². The van der Waals surface area contributed by atoms with E-state index in [1.54, 1.807) is 19.9 Å². The van der Waals surface area contributed by atoms with Crippen molar-refractivity contribution in [3.05, 3.63) is 24.2 Å². The van der Waals surface area contributed by atoms with E-state index < -0.39 is 10.0 Å². The highest BCUT2D eigenvalue weighted by molar-refractivity contribution is 7.89. The van der Waals surface area contributed by atoms with Crippen molar-refractivity contribution in [2.45, 2.75) is 38.1 Å². The van der Waals surface area contributed by atoms with Gasteiger partial charge in [0.25, 0.3) is 0 Å². The van der Waals surface area contributed by atoms with Gasteiger partial charge in [-0.25, -0.2) is 18.1 Å². The van der Waals surface area contributed by atoms with Gasteiger partial charge >= 0.3 is 0 Å². The number of aryl methyl sites for hydroxylation is 1. The lowest BCUT2D eigenvalue weighted by molar-refractivity contribution is 0.311. The Morgan fingerprint density at radius 2 is 1.83 bits per heavy atom. The molecule has 10 nitrogen and oxygen atoms in total. The molecule has 0 spiro atoms. The van der Waals surface area contributed by atoms with Gasteiger partial charge in [-0.05, 0) is 33.0 Å². The summed E-state index contributed by atoms with van der Waals surface area (Å²) < 4.78 is 27.0. The Labute approximate surface area is 171 Å². The van der Waals surface area contributed by atoms with E-state index in [1.165, 1.54) is 12.3 Å². The molecular weight excluding hydrogens is 392 g/mol. The molecule has 2 aromatic rings. The third-order valence-electron chi connectivity index (χ3n) is 4.45. The smallest absolute Gasteiger partial charge is 0.242 e. The summed E-state index contributed by atoms with van der Waals surface area (Å²) in [5, 5.41) is 3.06. The van der Waals surface area contributed by atoms with Crippen LogP contribution in [0.5, 0.6) is 0 Å². The Morgan fingerprint density at radius 3 is 2.41 bits per heavy atom. The SMILES string of the molecule is CCc1nc(Nc2ccc(S(=O)(=O)NC(C)C)cn2)nc(N2CCN(C)CC2)n1. The molecule has 0 radical (unpaired) electrons. The number of rotatable bonds is 7. The van der Waals surface area contributed by atoms with Gasteiger partial charge in [-0.1, -0.05) is 6.92 Å². The summed E-state index contributed by atoms with van der Waals surface area (Å²) in [4.78, 5) is 22.2. The average molecular weight is 421 g/mol. The summed E-state index contributed by atoms with van der Waals surface area (Å²) in [6, 6.07) is 2.91. The second kappa shape index (κ2) is 8.97. The largest absolute Gasteiger partial charge is 0.338 e. The minimum absolute atomic E-state index is 0.111. The van der Waals surface area contributed by atoms with Crippen LogP contribution in [-0.2, 0) is 16.4 Å². The summed E-state index contributed by atoms with van der Waals surface area (Å²) in [7, 11) is -1.48. The van der Waals surface area contributed by atoms with E-state index in [1.807, 2.05) is 6.92 Å². The Morgan fingerprint density at radius 1 is 1.10 bits per heavy atom. The number of likely N-dealkylation sites (N-methyl/N-ethyl adjacent to an activating group) is 1. The molecule has 1 aliphatic heterocycles. The third-order valence-corrected chi connectivity index (χ3v) is 6.09. The highest BCUT2D eigenvalue weighted by Gasteiger charge is 2.19. The number of nitrogens with zero attached hydrogens (tertiary/aromatic N) is 6. The molecule has 0 atom stereocenters. The van der Waals surface area contributed by atoms with Crippen LogP contribution in [0.3, 0.4) is 0 Å². The molecule has 0 bridgehead atoms. The zero-order valence-electron chi connectivity index (χ0n) is 17.3. The maximum absolute atomic E-state index is 12.2. The molecule has 0 aliphatic carbocycles. The minimum Gasteiger partial charge on any atom is -0.338 e. The first-order valence-corrected chi connectivity index (χ1v) is 11.2. The van der Waals surface area contributed by atoms with Crippen molar-refractivity contribution in [3.63, 3.8) is 0 Å². The van der Waals surface area contributed by atoms with Gasteiger partial charge in [0, 0.05) is 44.8 Å². The zero-order chi connectivity index (χ0) is 21.0. The fourth-order valence-electron chi connectivity index (χ4n) is 2.88. The Hall–Kier alpha value is -2.37. The molecule has 3 heterocycles. The number of hydrogen-bond acceptors (Lipinski definition) is 9. The van der Waals surface area contributed by atoms with Gasteiger partial charge in [-0.3, -0.25) is 0 Å². The van der Waals surface area contributed by atoms with E-state index in [0.29, 0.717) is 30.0 Å². The Balaban J connectivity index is 1.78. The molecule has 2 aromatic heterocycles. The lowest BCUT2D eigenvalue weighted by atomic mass is 10.3. The van der Waals surface area contributed by atoms with Crippen molar-refractivity contribution in [2.75, 3.05) is 43.4 Å². The molecule has 0 amide bonds. The van der Waals surface area contributed by atoms with Crippen molar-refractivity contribution in [2.24, 2.45) is 0 Å². The molecule has 1 fully saturated rings. The van der Waals surface area contributed by atoms with Crippen molar-refractivity contribution in [1.29, 1.82) is 0 Å². The van der Waals surface area contributed by atoms with Gasteiger partial charge in [-0.2, -0.15) is 15.0 Å². The van der Waals surface area contributed by atoms with Crippen LogP contribution in [0, 0.1) is 0 Å². The Kier molecular flexibility index (Phi) is 6.60. The molecular formula is C18H28N8O2S. The average Bonchev–Trinajstić information content (AvgIpc) is 2.67. The summed E-state index contributed by atoms with van der Waals surface area (Å²) >= 11 is 0. The van der Waals surface area contributed by atoms with Gasteiger partial charge in [0.1, 0.15) is 16.5 Å². The van der Waals surface area contributed by atoms with E-state index in [9.17, 15) is 8.42 Å². The fourth-order valence-corrected chi connectivity index (χ4v) is 4.07. The highest BCUT2D eigenvalue weighted by Crippen LogP contribution is 2.17. The van der Waals surface area contributed by atoms with Crippen LogP contribution >= 0.6 is 0 Å². The standard InChI is InChI=1S/C18H28N8O2S/c1-5-15-20-17(23-18(22-15)26-10-8-25(4)9-11-26)21-16-7-6-14(12-19-16)29(27,28)24-13(2)3/h6-7,12-13,24H,5,8-11H2,1-4H3,(H,19,20,21,22,23). The lowest BCUT2D eigenvalue weighted by Crippen LogP contribution is -2.45. The van der Waals surface area contributed by atoms with Gasteiger partial charge in [0.2, 0.25) is 21.9 Å². The van der Waals surface area contributed by atoms with E-state index in [4.69, 9.17) is 0 Å². The van der Waals surface area contributed by atoms with Gasteiger partial charge in [0.15, 0.2) is 0 Å². The summed E-state index contributed by atoms with van der Waals surface area (Å²) in [6.07, 6.45) is 2.00. The fraction of sp³-hybridized carbons (Fsp3) is 0.556. The maximum Gasteiger partial charge on any atom is 0.242 e. The van der Waals surface area contributed by atoms with Crippen molar-refractivity contribution < 1.29 is 8.42 Å². The molecule has 0 saturated carbocycles. The van der Waals surface area contributed by atoms with Gasteiger partial charge in [-0.15, -0.1) is 0 Å². The van der Waals surface area contributed by atoms with E-state index >= 15 is 0 Å². The predicted octanol–water partition coefficient (Wildman–Crippen LogP) is 1.01. The van der Waals surface area contributed by atoms with Crippen LogP contribution in [0.25, 0.3) is 0 Å². The number of piperazine rings is 1. The van der Waals surface area contributed by atoms with Crippen LogP contribution in [-0.4, -0.2) is 72.5 Å². The van der Waals surface area contributed by atoms with Crippen LogP contribution < -0.4 is 14.9 Å². The number of pyridine rings is 1. The topological polar surface area (TPSA) is 116 Å². The van der Waals surface area contributed by atoms with Gasteiger partial charge in [0.05, 0.1) is 0 Å². The van der Waals surface area contributed by atoms with Crippen molar-refractivity contribution in [3.8, 4) is 0 Å². The molecule has 3 rings (SSSR count). The second-order valence-electron chi connectivity index (χ2n) is 7.30. The quantitative estimate of drug-likeness (QED) is 0.677. The third kappa shape index (κ3) is 5.58. The van der Waals surface area contributed by atoms with E-state index in [0.717, 1.165) is 26.2 Å². The Bertz CT molecular complexity index is 925. The first-order valence-electron chi connectivity index (χ1n) is 9.70. The number of hydrogen-bond donors (Lipinski definition) is 2. The number of sulfonamides is 1. The first kappa shape index (κ1) is 21.3. The lowest BCUT2D eigenvalue weighted by Gasteiger charge is -2.32. The first-order chi connectivity index (χ1) is 13.8. The molecule has 0 unspecified atom stereocenters. The minimum atomic E-state index is -3.58. The molecule has 158 valence electrons. The molecule has 1 saturated heterocycles. The van der Waals surface area contributed by atoms with Gasteiger partial charge < -0.3 is 15.1 Å². The zero-order valence-corrected chi connectivity index (χ0v) is 18.1. The predicted molar refractivity (Wildman–Crippen MR) is 112 cm³/mol. The number of anilines is 3. The molecule has 0 aromatic carbocycles. The van der Waals surface area contributed by atoms with Crippen molar-refractivity contribution in [1.82, 2.24) is 29.6 Å². The second-order valence-corrected chi connectivity index (χ2v) is 9.01. The maximum atomic E-state index is 12.2. The number of nitrogens with one attached hydrogen (secondary N) is 2. The summed E-state index contributed by atoms with van der Waals surface area (Å²) in [6.45, 7) is 9.16. The molecule has 1 aliphatic rings. The highest BCUT2D eigenvalue weighted by atomic mass is 32.2. The number of aromatic nitrogens is 4. The van der Waals surface area contributed by atoms with E-state index in [-0.39, 0.29) is 10.9 Å². The van der Waals surface area contributed by atoms with Crippen LogP contribution in [0.15, 0.2) is 23.2 Å². The normalized spacial score (nSPS) is 15.7. The van der Waals surface area contributed by atoms with Crippen LogP contribution in [0.4, 0.5) is 17.7 Å². The monoisotopic (exact) mass is 420 g/mol.